The van der Waals surface area contributed by atoms with Gasteiger partial charge in [0.25, 0.3) is 5.91 Å². The zero-order chi connectivity index (χ0) is 16.3. The summed E-state index contributed by atoms with van der Waals surface area (Å²) in [5.74, 6) is -1.26. The molecule has 0 unspecified atom stereocenters. The van der Waals surface area contributed by atoms with Crippen LogP contribution in [-0.4, -0.2) is 22.0 Å². The van der Waals surface area contributed by atoms with Gasteiger partial charge in [-0.05, 0) is 29.2 Å². The minimum Gasteiger partial charge on any atom is -0.475 e. The second kappa shape index (κ2) is 6.01. The largest absolute Gasteiger partial charge is 0.475 e. The van der Waals surface area contributed by atoms with Crippen LogP contribution in [0, 0.1) is 0 Å². The Kier molecular flexibility index (Phi) is 4.30. The Balaban J connectivity index is 1.98. The molecular weight excluding hydrogens is 284 g/mol. The van der Waals surface area contributed by atoms with Crippen molar-refractivity contribution in [1.29, 1.82) is 0 Å². The van der Waals surface area contributed by atoms with Crippen molar-refractivity contribution >= 4 is 11.9 Å². The molecule has 2 aromatic heterocycles. The Morgan fingerprint density at radius 1 is 1.23 bits per heavy atom. The third-order valence-corrected chi connectivity index (χ3v) is 3.16. The van der Waals surface area contributed by atoms with E-state index in [0.29, 0.717) is 11.5 Å². The number of carbonyl (C=O) groups excluding carboxylic acids is 1. The number of hydrogen-bond donors (Lipinski definition) is 2. The van der Waals surface area contributed by atoms with Crippen LogP contribution in [0.1, 0.15) is 53.1 Å². The van der Waals surface area contributed by atoms with E-state index in [1.54, 1.807) is 12.3 Å². The molecule has 2 rings (SSSR count). The Labute approximate surface area is 128 Å². The molecule has 1 amide bonds. The summed E-state index contributed by atoms with van der Waals surface area (Å²) in [5.41, 5.74) is 1.32. The highest BCUT2D eigenvalue weighted by molar-refractivity contribution is 5.92. The fourth-order valence-corrected chi connectivity index (χ4v) is 1.82. The van der Waals surface area contributed by atoms with E-state index in [1.165, 1.54) is 12.1 Å². The second-order valence-corrected chi connectivity index (χ2v) is 5.94. The summed E-state index contributed by atoms with van der Waals surface area (Å²) in [6.07, 6.45) is 1.68. The lowest BCUT2D eigenvalue weighted by Crippen LogP contribution is -2.24. The van der Waals surface area contributed by atoms with Crippen molar-refractivity contribution in [2.24, 2.45) is 0 Å². The molecule has 116 valence electrons. The highest BCUT2D eigenvalue weighted by Crippen LogP contribution is 2.20. The van der Waals surface area contributed by atoms with E-state index in [2.05, 4.69) is 31.1 Å². The number of nitrogens with zero attached hydrogens (tertiary/aromatic N) is 1. The minimum absolute atomic E-state index is 0.0244. The number of pyridine rings is 1. The molecule has 0 aliphatic heterocycles. The molecule has 0 bridgehead atoms. The molecule has 0 fully saturated rings. The van der Waals surface area contributed by atoms with Gasteiger partial charge in [0.2, 0.25) is 5.76 Å². The monoisotopic (exact) mass is 302 g/mol. The lowest BCUT2D eigenvalue weighted by Gasteiger charge is -2.18. The van der Waals surface area contributed by atoms with Crippen molar-refractivity contribution < 1.29 is 19.1 Å². The summed E-state index contributed by atoms with van der Waals surface area (Å²) < 4.78 is 5.06. The number of aromatic nitrogens is 1. The molecule has 0 atom stereocenters. The van der Waals surface area contributed by atoms with Crippen LogP contribution in [0.2, 0.25) is 0 Å². The predicted octanol–water partition coefficient (Wildman–Crippen LogP) is 2.60. The quantitative estimate of drug-likeness (QED) is 0.905. The van der Waals surface area contributed by atoms with E-state index >= 15 is 0 Å². The van der Waals surface area contributed by atoms with E-state index < -0.39 is 5.97 Å². The normalized spacial score (nSPS) is 11.2. The second-order valence-electron chi connectivity index (χ2n) is 5.94. The summed E-state index contributed by atoms with van der Waals surface area (Å²) in [4.78, 5) is 26.8. The third kappa shape index (κ3) is 3.72. The van der Waals surface area contributed by atoms with Gasteiger partial charge in [-0.3, -0.25) is 9.78 Å². The molecule has 0 aliphatic carbocycles. The van der Waals surface area contributed by atoms with Gasteiger partial charge < -0.3 is 14.8 Å². The smallest absolute Gasteiger partial charge is 0.371 e. The van der Waals surface area contributed by atoms with Gasteiger partial charge in [0, 0.05) is 6.20 Å². The Bertz CT molecular complexity index is 681. The van der Waals surface area contributed by atoms with Crippen molar-refractivity contribution in [2.75, 3.05) is 0 Å². The number of hydrogen-bond acceptors (Lipinski definition) is 4. The molecular formula is C16H18N2O4. The minimum atomic E-state index is -1.14. The number of carboxylic acids is 1. The first-order chi connectivity index (χ1) is 10.3. The van der Waals surface area contributed by atoms with Crippen LogP contribution in [0.3, 0.4) is 0 Å². The molecule has 6 nitrogen and oxygen atoms in total. The Morgan fingerprint density at radius 3 is 2.45 bits per heavy atom. The summed E-state index contributed by atoms with van der Waals surface area (Å²) in [6.45, 7) is 6.32. The molecule has 0 aliphatic rings. The number of furan rings is 1. The number of nitrogens with one attached hydrogen (secondary N) is 1. The fraction of sp³-hybridized carbons (Fsp3) is 0.312. The van der Waals surface area contributed by atoms with E-state index in [4.69, 9.17) is 9.52 Å². The number of aromatic carboxylic acids is 1. The summed E-state index contributed by atoms with van der Waals surface area (Å²) in [7, 11) is 0. The highest BCUT2D eigenvalue weighted by atomic mass is 16.4. The highest BCUT2D eigenvalue weighted by Gasteiger charge is 2.15. The molecule has 2 N–H and O–H groups in total. The van der Waals surface area contributed by atoms with Gasteiger partial charge in [-0.15, -0.1) is 0 Å². The first-order valence-corrected chi connectivity index (χ1v) is 6.84. The zero-order valence-electron chi connectivity index (χ0n) is 12.7. The number of amides is 1. The SMILES string of the molecule is CC(C)(C)c1ccc(C(=O)NCc2ccc(C(=O)O)o2)nc1. The molecule has 0 saturated heterocycles. The number of carboxylic acid groups (broad SMARTS) is 1. The molecule has 2 aromatic rings. The predicted molar refractivity (Wildman–Crippen MR) is 79.8 cm³/mol. The van der Waals surface area contributed by atoms with Crippen molar-refractivity contribution in [3.8, 4) is 0 Å². The molecule has 0 saturated carbocycles. The van der Waals surface area contributed by atoms with E-state index in [1.807, 2.05) is 6.07 Å². The maximum absolute atomic E-state index is 12.0. The topological polar surface area (TPSA) is 92.4 Å². The Morgan fingerprint density at radius 2 is 1.95 bits per heavy atom. The summed E-state index contributed by atoms with van der Waals surface area (Å²) in [5, 5.41) is 11.4. The van der Waals surface area contributed by atoms with Crippen LogP contribution < -0.4 is 5.32 Å². The average Bonchev–Trinajstić information content (AvgIpc) is 2.93. The molecule has 2 heterocycles. The fourth-order valence-electron chi connectivity index (χ4n) is 1.82. The van der Waals surface area contributed by atoms with E-state index in [-0.39, 0.29) is 23.6 Å². The van der Waals surface area contributed by atoms with Crippen molar-refractivity contribution in [3.05, 3.63) is 53.2 Å². The molecule has 22 heavy (non-hydrogen) atoms. The number of rotatable bonds is 4. The zero-order valence-corrected chi connectivity index (χ0v) is 12.7. The van der Waals surface area contributed by atoms with Crippen LogP contribution in [0.4, 0.5) is 0 Å². The van der Waals surface area contributed by atoms with Gasteiger partial charge in [0.05, 0.1) is 6.54 Å². The first-order valence-electron chi connectivity index (χ1n) is 6.84. The van der Waals surface area contributed by atoms with E-state index in [9.17, 15) is 9.59 Å². The lowest BCUT2D eigenvalue weighted by molar-refractivity contribution is 0.0660. The maximum atomic E-state index is 12.0. The van der Waals surface area contributed by atoms with Gasteiger partial charge >= 0.3 is 5.97 Å². The third-order valence-electron chi connectivity index (χ3n) is 3.16. The van der Waals surface area contributed by atoms with Gasteiger partial charge in [0.15, 0.2) is 0 Å². The van der Waals surface area contributed by atoms with Crippen LogP contribution in [0.15, 0.2) is 34.9 Å². The van der Waals surface area contributed by atoms with Crippen LogP contribution in [0.5, 0.6) is 0 Å². The molecule has 6 heteroatoms. The summed E-state index contributed by atoms with van der Waals surface area (Å²) >= 11 is 0. The molecule has 0 radical (unpaired) electrons. The van der Waals surface area contributed by atoms with Crippen LogP contribution >= 0.6 is 0 Å². The number of carbonyl (C=O) groups is 2. The lowest BCUT2D eigenvalue weighted by atomic mass is 9.88. The van der Waals surface area contributed by atoms with E-state index in [0.717, 1.165) is 5.56 Å². The van der Waals surface area contributed by atoms with Gasteiger partial charge in [-0.1, -0.05) is 26.8 Å². The standard InChI is InChI=1S/C16H18N2O4/c1-16(2,3)10-4-6-12(17-8-10)14(19)18-9-11-5-7-13(22-11)15(20)21/h4-8H,9H2,1-3H3,(H,18,19)(H,20,21). The maximum Gasteiger partial charge on any atom is 0.371 e. The first kappa shape index (κ1) is 15.8. The van der Waals surface area contributed by atoms with Crippen LogP contribution in [-0.2, 0) is 12.0 Å². The average molecular weight is 302 g/mol. The van der Waals surface area contributed by atoms with Crippen molar-refractivity contribution in [1.82, 2.24) is 10.3 Å². The summed E-state index contributed by atoms with van der Waals surface area (Å²) in [6, 6.07) is 6.40. The van der Waals surface area contributed by atoms with Crippen LogP contribution in [0.25, 0.3) is 0 Å². The van der Waals surface area contributed by atoms with Gasteiger partial charge in [-0.2, -0.15) is 0 Å². The van der Waals surface area contributed by atoms with Gasteiger partial charge in [-0.25, -0.2) is 4.79 Å². The van der Waals surface area contributed by atoms with Gasteiger partial charge in [0.1, 0.15) is 11.5 Å². The molecule has 0 aromatic carbocycles. The van der Waals surface area contributed by atoms with Crippen molar-refractivity contribution in [2.45, 2.75) is 32.7 Å². The Hall–Kier alpha value is -2.63. The molecule has 0 spiro atoms. The van der Waals surface area contributed by atoms with Crippen molar-refractivity contribution in [3.63, 3.8) is 0 Å².